The number of rotatable bonds is 2. The minimum Gasteiger partial charge on any atom is -0.464 e. The molecule has 6 heteroatoms. The second-order valence-electron chi connectivity index (χ2n) is 3.31. The first-order valence-electron chi connectivity index (χ1n) is 4.82. The van der Waals surface area contributed by atoms with Gasteiger partial charge in [0.2, 0.25) is 0 Å². The molecule has 0 atom stereocenters. The molecule has 0 saturated carbocycles. The molecular formula is C11H10BrN3O2. The molecule has 0 radical (unpaired) electrons. The van der Waals surface area contributed by atoms with Crippen molar-refractivity contribution >= 4 is 27.7 Å². The number of anilines is 1. The molecule has 2 rings (SSSR count). The predicted molar refractivity (Wildman–Crippen MR) is 67.0 cm³/mol. The summed E-state index contributed by atoms with van der Waals surface area (Å²) in [5, 5.41) is 4.10. The lowest BCUT2D eigenvalue weighted by Gasteiger charge is -2.05. The fraction of sp³-hybridized carbons (Fsp3) is 0.0909. The van der Waals surface area contributed by atoms with Crippen LogP contribution < -0.4 is 5.73 Å². The average Bonchev–Trinajstić information content (AvgIpc) is 2.71. The number of methoxy groups -OCH3 is 1. The number of nitrogen functional groups attached to an aromatic ring is 1. The molecule has 1 aromatic carbocycles. The SMILES string of the molecule is COC(=O)c1cc(N)n(-c2ccccc2Br)n1. The Hall–Kier alpha value is -1.82. The van der Waals surface area contributed by atoms with Gasteiger partial charge in [0.1, 0.15) is 5.82 Å². The standard InChI is InChI=1S/C11H10BrN3O2/c1-17-11(16)8-6-10(13)15(14-8)9-5-3-2-4-7(9)12/h2-6H,13H2,1H3. The molecule has 0 saturated heterocycles. The molecule has 1 heterocycles. The molecule has 0 fully saturated rings. The summed E-state index contributed by atoms with van der Waals surface area (Å²) in [6.45, 7) is 0. The van der Waals surface area contributed by atoms with Crippen molar-refractivity contribution in [3.05, 3.63) is 40.5 Å². The second-order valence-corrected chi connectivity index (χ2v) is 4.16. The highest BCUT2D eigenvalue weighted by Crippen LogP contribution is 2.23. The molecular weight excluding hydrogens is 286 g/mol. The number of benzene rings is 1. The van der Waals surface area contributed by atoms with Gasteiger partial charge >= 0.3 is 5.97 Å². The number of carbonyl (C=O) groups excluding carboxylic acids is 1. The van der Waals surface area contributed by atoms with E-state index >= 15 is 0 Å². The van der Waals surface area contributed by atoms with Crippen LogP contribution in [0.25, 0.3) is 5.69 Å². The van der Waals surface area contributed by atoms with Crippen molar-refractivity contribution in [3.8, 4) is 5.69 Å². The van der Waals surface area contributed by atoms with Gasteiger partial charge in [-0.25, -0.2) is 9.48 Å². The molecule has 2 N–H and O–H groups in total. The first-order valence-corrected chi connectivity index (χ1v) is 5.61. The van der Waals surface area contributed by atoms with Gasteiger partial charge in [-0.2, -0.15) is 5.10 Å². The number of esters is 1. The number of carbonyl (C=O) groups is 1. The highest BCUT2D eigenvalue weighted by atomic mass is 79.9. The third-order valence-corrected chi connectivity index (χ3v) is 2.88. The lowest BCUT2D eigenvalue weighted by Crippen LogP contribution is -2.05. The van der Waals surface area contributed by atoms with Crippen molar-refractivity contribution in [1.29, 1.82) is 0 Å². The van der Waals surface area contributed by atoms with E-state index in [1.54, 1.807) is 0 Å². The van der Waals surface area contributed by atoms with Crippen molar-refractivity contribution in [2.45, 2.75) is 0 Å². The maximum absolute atomic E-state index is 11.3. The quantitative estimate of drug-likeness (QED) is 0.861. The Morgan fingerprint density at radius 3 is 2.82 bits per heavy atom. The van der Waals surface area contributed by atoms with Gasteiger partial charge in [0.05, 0.1) is 12.8 Å². The fourth-order valence-electron chi connectivity index (χ4n) is 1.42. The van der Waals surface area contributed by atoms with Crippen LogP contribution in [0.3, 0.4) is 0 Å². The molecule has 0 aliphatic heterocycles. The molecule has 0 aliphatic rings. The number of halogens is 1. The number of nitrogens with zero attached hydrogens (tertiary/aromatic N) is 2. The highest BCUT2D eigenvalue weighted by molar-refractivity contribution is 9.10. The Morgan fingerprint density at radius 1 is 1.47 bits per heavy atom. The summed E-state index contributed by atoms with van der Waals surface area (Å²) in [5.74, 6) is -0.139. The maximum atomic E-state index is 11.3. The van der Waals surface area contributed by atoms with Crippen LogP contribution in [0.2, 0.25) is 0 Å². The van der Waals surface area contributed by atoms with E-state index < -0.39 is 5.97 Å². The Bertz CT molecular complexity index is 566. The van der Waals surface area contributed by atoms with Crippen LogP contribution in [0.15, 0.2) is 34.8 Å². The van der Waals surface area contributed by atoms with Crippen LogP contribution in [0, 0.1) is 0 Å². The summed E-state index contributed by atoms with van der Waals surface area (Å²) in [5.41, 5.74) is 6.75. The molecule has 0 unspecified atom stereocenters. The van der Waals surface area contributed by atoms with E-state index in [9.17, 15) is 4.79 Å². The summed E-state index contributed by atoms with van der Waals surface area (Å²) in [6.07, 6.45) is 0. The second kappa shape index (κ2) is 4.58. The van der Waals surface area contributed by atoms with Gasteiger partial charge in [0.25, 0.3) is 0 Å². The molecule has 0 spiro atoms. The van der Waals surface area contributed by atoms with E-state index in [1.165, 1.54) is 17.9 Å². The average molecular weight is 296 g/mol. The first-order chi connectivity index (χ1) is 8.13. The van der Waals surface area contributed by atoms with E-state index in [4.69, 9.17) is 5.73 Å². The molecule has 0 bridgehead atoms. The van der Waals surface area contributed by atoms with Crippen LogP contribution >= 0.6 is 15.9 Å². The van der Waals surface area contributed by atoms with E-state index in [1.807, 2.05) is 24.3 Å². The van der Waals surface area contributed by atoms with Crippen LogP contribution in [0.1, 0.15) is 10.5 Å². The van der Waals surface area contributed by atoms with Crippen molar-refractivity contribution in [3.63, 3.8) is 0 Å². The van der Waals surface area contributed by atoms with Crippen LogP contribution in [0.4, 0.5) is 5.82 Å². The number of aromatic nitrogens is 2. The molecule has 17 heavy (non-hydrogen) atoms. The van der Waals surface area contributed by atoms with Gasteiger partial charge in [0, 0.05) is 10.5 Å². The van der Waals surface area contributed by atoms with Crippen molar-refractivity contribution in [1.82, 2.24) is 9.78 Å². The molecule has 2 aromatic rings. The van der Waals surface area contributed by atoms with Crippen molar-refractivity contribution in [2.24, 2.45) is 0 Å². The van der Waals surface area contributed by atoms with Gasteiger partial charge < -0.3 is 10.5 Å². The van der Waals surface area contributed by atoms with Crippen LogP contribution in [-0.4, -0.2) is 22.9 Å². The summed E-state index contributed by atoms with van der Waals surface area (Å²) in [6, 6.07) is 8.93. The maximum Gasteiger partial charge on any atom is 0.358 e. The molecule has 0 amide bonds. The molecule has 1 aromatic heterocycles. The Kier molecular flexibility index (Phi) is 3.14. The zero-order valence-corrected chi connectivity index (χ0v) is 10.6. The van der Waals surface area contributed by atoms with E-state index in [0.717, 1.165) is 10.2 Å². The van der Waals surface area contributed by atoms with Crippen molar-refractivity contribution < 1.29 is 9.53 Å². The lowest BCUT2D eigenvalue weighted by molar-refractivity contribution is 0.0593. The Morgan fingerprint density at radius 2 is 2.18 bits per heavy atom. The summed E-state index contributed by atoms with van der Waals surface area (Å²) >= 11 is 3.40. The monoisotopic (exact) mass is 295 g/mol. The zero-order valence-electron chi connectivity index (χ0n) is 9.05. The number of hydrogen-bond acceptors (Lipinski definition) is 4. The number of nitrogens with two attached hydrogens (primary N) is 1. The van der Waals surface area contributed by atoms with E-state index in [2.05, 4.69) is 25.8 Å². The molecule has 88 valence electrons. The van der Waals surface area contributed by atoms with Gasteiger partial charge in [-0.3, -0.25) is 0 Å². The van der Waals surface area contributed by atoms with Crippen molar-refractivity contribution in [2.75, 3.05) is 12.8 Å². The summed E-state index contributed by atoms with van der Waals surface area (Å²) in [7, 11) is 1.30. The first kappa shape index (κ1) is 11.7. The third kappa shape index (κ3) is 2.16. The van der Waals surface area contributed by atoms with Gasteiger partial charge in [-0.15, -0.1) is 0 Å². The largest absolute Gasteiger partial charge is 0.464 e. The zero-order chi connectivity index (χ0) is 12.4. The van der Waals surface area contributed by atoms with Crippen LogP contribution in [-0.2, 0) is 4.74 Å². The molecule has 5 nitrogen and oxygen atoms in total. The van der Waals surface area contributed by atoms with E-state index in [0.29, 0.717) is 5.82 Å². The molecule has 0 aliphatic carbocycles. The minimum absolute atomic E-state index is 0.181. The van der Waals surface area contributed by atoms with Gasteiger partial charge in [-0.1, -0.05) is 12.1 Å². The van der Waals surface area contributed by atoms with Gasteiger partial charge in [0.15, 0.2) is 5.69 Å². The summed E-state index contributed by atoms with van der Waals surface area (Å²) < 4.78 is 6.91. The van der Waals surface area contributed by atoms with Crippen LogP contribution in [0.5, 0.6) is 0 Å². The number of hydrogen-bond donors (Lipinski definition) is 1. The number of ether oxygens (including phenoxy) is 1. The van der Waals surface area contributed by atoms with Gasteiger partial charge in [-0.05, 0) is 28.1 Å². The highest BCUT2D eigenvalue weighted by Gasteiger charge is 2.14. The van der Waals surface area contributed by atoms with E-state index in [-0.39, 0.29) is 5.69 Å². The topological polar surface area (TPSA) is 70.1 Å². The number of para-hydroxylation sites is 1. The lowest BCUT2D eigenvalue weighted by atomic mass is 10.3. The third-order valence-electron chi connectivity index (χ3n) is 2.21. The minimum atomic E-state index is -0.512. The predicted octanol–water partition coefficient (Wildman–Crippen LogP) is 2.00. The smallest absolute Gasteiger partial charge is 0.358 e. The normalized spacial score (nSPS) is 10.2. The summed E-state index contributed by atoms with van der Waals surface area (Å²) in [4.78, 5) is 11.3. The Balaban J connectivity index is 2.50. The fourth-order valence-corrected chi connectivity index (χ4v) is 1.87. The Labute approximate surface area is 106 Å².